The Kier molecular flexibility index (Phi) is 5.68. The summed E-state index contributed by atoms with van der Waals surface area (Å²) in [6.07, 6.45) is 0.0525. The van der Waals surface area contributed by atoms with Crippen LogP contribution in [-0.2, 0) is 6.54 Å². The number of fused-ring (bicyclic) bond motifs is 2. The molecule has 0 saturated carbocycles. The van der Waals surface area contributed by atoms with Crippen molar-refractivity contribution in [3.63, 3.8) is 0 Å². The first-order valence-corrected chi connectivity index (χ1v) is 11.8. The molecule has 5 rings (SSSR count). The van der Waals surface area contributed by atoms with Crippen LogP contribution in [0.5, 0.6) is 5.75 Å². The molecule has 0 bridgehead atoms. The number of para-hydroxylation sites is 2. The number of aromatic amines is 1. The molecule has 4 aromatic rings. The van der Waals surface area contributed by atoms with Crippen molar-refractivity contribution in [1.82, 2.24) is 14.9 Å². The largest absolute Gasteiger partial charge is 0.485 e. The molecule has 1 aliphatic heterocycles. The van der Waals surface area contributed by atoms with Gasteiger partial charge in [-0.25, -0.2) is 4.98 Å². The van der Waals surface area contributed by atoms with Crippen LogP contribution in [0.3, 0.4) is 0 Å². The van der Waals surface area contributed by atoms with Gasteiger partial charge in [-0.3, -0.25) is 9.69 Å². The summed E-state index contributed by atoms with van der Waals surface area (Å²) in [7, 11) is 2.04. The molecule has 7 heteroatoms. The monoisotopic (exact) mass is 446 g/mol. The summed E-state index contributed by atoms with van der Waals surface area (Å²) in [4.78, 5) is 25.9. The average molecular weight is 447 g/mol. The second-order valence-corrected chi connectivity index (χ2v) is 9.01. The molecule has 1 atom stereocenters. The lowest BCUT2D eigenvalue weighted by molar-refractivity contribution is 0.138. The Morgan fingerprint density at radius 3 is 2.78 bits per heavy atom. The Morgan fingerprint density at radius 2 is 1.97 bits per heavy atom. The first kappa shape index (κ1) is 20.7. The zero-order chi connectivity index (χ0) is 22.1. The number of ether oxygens (including phenoxy) is 1. The zero-order valence-electron chi connectivity index (χ0n) is 18.2. The van der Waals surface area contributed by atoms with Gasteiger partial charge in [-0.05, 0) is 31.7 Å². The van der Waals surface area contributed by atoms with E-state index in [9.17, 15) is 4.79 Å². The van der Waals surface area contributed by atoms with E-state index in [0.29, 0.717) is 17.8 Å². The van der Waals surface area contributed by atoms with E-state index in [1.807, 2.05) is 61.0 Å². The topological polar surface area (TPSA) is 61.5 Å². The van der Waals surface area contributed by atoms with Crippen molar-refractivity contribution < 1.29 is 4.74 Å². The van der Waals surface area contributed by atoms with Crippen molar-refractivity contribution in [2.75, 3.05) is 31.6 Å². The lowest BCUT2D eigenvalue weighted by Gasteiger charge is -2.37. The van der Waals surface area contributed by atoms with Gasteiger partial charge < -0.3 is 14.6 Å². The molecule has 6 nitrogen and oxygen atoms in total. The lowest BCUT2D eigenvalue weighted by atomic mass is 10.1. The number of thiophene rings is 1. The summed E-state index contributed by atoms with van der Waals surface area (Å²) >= 11 is 1.51. The molecular formula is C25H26N4O2S. The molecule has 3 heterocycles. The van der Waals surface area contributed by atoms with Crippen LogP contribution in [0.4, 0.5) is 5.69 Å². The highest BCUT2D eigenvalue weighted by Crippen LogP contribution is 2.33. The van der Waals surface area contributed by atoms with E-state index < -0.39 is 0 Å². The Bertz CT molecular complexity index is 1280. The van der Waals surface area contributed by atoms with Crippen LogP contribution in [0.1, 0.15) is 12.7 Å². The first-order valence-electron chi connectivity index (χ1n) is 10.9. The Balaban J connectivity index is 1.32. The molecule has 0 fully saturated rings. The van der Waals surface area contributed by atoms with Gasteiger partial charge in [-0.1, -0.05) is 42.5 Å². The smallest absolute Gasteiger partial charge is 0.260 e. The molecule has 0 unspecified atom stereocenters. The molecule has 0 radical (unpaired) electrons. The lowest BCUT2D eigenvalue weighted by Crippen LogP contribution is -2.45. The van der Waals surface area contributed by atoms with E-state index in [1.54, 1.807) is 0 Å². The van der Waals surface area contributed by atoms with Crippen LogP contribution in [-0.4, -0.2) is 47.7 Å². The highest BCUT2D eigenvalue weighted by atomic mass is 32.1. The predicted octanol–water partition coefficient (Wildman–Crippen LogP) is 4.37. The highest BCUT2D eigenvalue weighted by Gasteiger charge is 2.25. The standard InChI is InChI=1S/C25H26N4O2S/c1-3-29-14-18(31-21-12-8-7-11-20(21)29)13-28(2)15-22-26-24(30)23-19(16-32-25(23)27-22)17-9-5-4-6-10-17/h4-12,16,18H,3,13-15H2,1-2H3,(H,26,27,30)/t18-/m1/s1. The third-order valence-corrected chi connectivity index (χ3v) is 6.69. The molecule has 164 valence electrons. The predicted molar refractivity (Wildman–Crippen MR) is 131 cm³/mol. The normalized spacial score (nSPS) is 15.7. The van der Waals surface area contributed by atoms with Crippen LogP contribution in [0.15, 0.2) is 64.8 Å². The highest BCUT2D eigenvalue weighted by molar-refractivity contribution is 7.17. The van der Waals surface area contributed by atoms with Gasteiger partial charge in [0, 0.05) is 24.0 Å². The number of hydrogen-bond acceptors (Lipinski definition) is 6. The molecule has 2 aromatic carbocycles. The van der Waals surface area contributed by atoms with Gasteiger partial charge in [-0.2, -0.15) is 0 Å². The maximum Gasteiger partial charge on any atom is 0.260 e. The number of rotatable bonds is 6. The van der Waals surface area contributed by atoms with Gasteiger partial charge in [0.05, 0.1) is 24.2 Å². The van der Waals surface area contributed by atoms with E-state index >= 15 is 0 Å². The Hall–Kier alpha value is -3.16. The van der Waals surface area contributed by atoms with Crippen LogP contribution in [0, 0.1) is 0 Å². The van der Waals surface area contributed by atoms with Crippen LogP contribution in [0.2, 0.25) is 0 Å². The summed E-state index contributed by atoms with van der Waals surface area (Å²) in [5.74, 6) is 1.61. The number of nitrogens with one attached hydrogen (secondary N) is 1. The number of benzene rings is 2. The Morgan fingerprint density at radius 1 is 1.19 bits per heavy atom. The van der Waals surface area contributed by atoms with E-state index in [-0.39, 0.29) is 11.7 Å². The minimum absolute atomic E-state index is 0.0525. The molecule has 2 aromatic heterocycles. The van der Waals surface area contributed by atoms with Crippen molar-refractivity contribution >= 4 is 27.2 Å². The van der Waals surface area contributed by atoms with E-state index in [1.165, 1.54) is 11.3 Å². The molecule has 0 aliphatic carbocycles. The molecule has 0 spiro atoms. The third-order valence-electron chi connectivity index (χ3n) is 5.82. The van der Waals surface area contributed by atoms with E-state index in [0.717, 1.165) is 47.0 Å². The number of likely N-dealkylation sites (N-methyl/N-ethyl adjacent to an activating group) is 2. The molecule has 32 heavy (non-hydrogen) atoms. The van der Waals surface area contributed by atoms with Gasteiger partial charge in [0.25, 0.3) is 5.56 Å². The molecular weight excluding hydrogens is 420 g/mol. The maximum absolute atomic E-state index is 12.9. The molecule has 1 N–H and O–H groups in total. The van der Waals surface area contributed by atoms with Crippen LogP contribution >= 0.6 is 11.3 Å². The van der Waals surface area contributed by atoms with Crippen LogP contribution < -0.4 is 15.2 Å². The first-order chi connectivity index (χ1) is 15.6. The summed E-state index contributed by atoms with van der Waals surface area (Å²) in [5.41, 5.74) is 3.04. The fourth-order valence-corrected chi connectivity index (χ4v) is 5.31. The zero-order valence-corrected chi connectivity index (χ0v) is 19.1. The maximum atomic E-state index is 12.9. The van der Waals surface area contributed by atoms with Gasteiger partial charge in [0.1, 0.15) is 22.5 Å². The molecule has 1 aliphatic rings. The minimum atomic E-state index is -0.0847. The number of anilines is 1. The van der Waals surface area contributed by atoms with Gasteiger partial charge >= 0.3 is 0 Å². The molecule has 0 amide bonds. The van der Waals surface area contributed by atoms with Gasteiger partial charge in [-0.15, -0.1) is 11.3 Å². The summed E-state index contributed by atoms with van der Waals surface area (Å²) in [6.45, 7) is 5.24. The second-order valence-electron chi connectivity index (χ2n) is 8.15. The number of aromatic nitrogens is 2. The number of H-pyrrole nitrogens is 1. The van der Waals surface area contributed by atoms with E-state index in [4.69, 9.17) is 9.72 Å². The van der Waals surface area contributed by atoms with Crippen LogP contribution in [0.25, 0.3) is 21.3 Å². The SMILES string of the molecule is CCN1C[C@@H](CN(C)Cc2nc3scc(-c4ccccc4)c3c(=O)[nH]2)Oc2ccccc21. The van der Waals surface area contributed by atoms with Crippen molar-refractivity contribution in [2.24, 2.45) is 0 Å². The average Bonchev–Trinajstić information content (AvgIpc) is 3.23. The van der Waals surface area contributed by atoms with Gasteiger partial charge in [0.2, 0.25) is 0 Å². The third kappa shape index (κ3) is 4.01. The summed E-state index contributed by atoms with van der Waals surface area (Å²) < 4.78 is 6.25. The fourth-order valence-electron chi connectivity index (χ4n) is 4.34. The quantitative estimate of drug-likeness (QED) is 0.477. The second kappa shape index (κ2) is 8.76. The Labute approximate surface area is 191 Å². The summed E-state index contributed by atoms with van der Waals surface area (Å²) in [6, 6.07) is 18.2. The number of hydrogen-bond donors (Lipinski definition) is 1. The van der Waals surface area contributed by atoms with Crippen molar-refractivity contribution in [3.8, 4) is 16.9 Å². The summed E-state index contributed by atoms with van der Waals surface area (Å²) in [5, 5.41) is 2.68. The van der Waals surface area contributed by atoms with E-state index in [2.05, 4.69) is 27.8 Å². The van der Waals surface area contributed by atoms with Crippen molar-refractivity contribution in [2.45, 2.75) is 19.6 Å². The van der Waals surface area contributed by atoms with Crippen molar-refractivity contribution in [1.29, 1.82) is 0 Å². The molecule has 0 saturated heterocycles. The van der Waals surface area contributed by atoms with Crippen molar-refractivity contribution in [3.05, 3.63) is 76.2 Å². The number of nitrogens with zero attached hydrogens (tertiary/aromatic N) is 3. The van der Waals surface area contributed by atoms with Gasteiger partial charge in [0.15, 0.2) is 0 Å². The fraction of sp³-hybridized carbons (Fsp3) is 0.280. The minimum Gasteiger partial charge on any atom is -0.485 e.